The van der Waals surface area contributed by atoms with Gasteiger partial charge in [-0.1, -0.05) is 0 Å². The number of alkyl halides is 4. The lowest BCUT2D eigenvalue weighted by Crippen LogP contribution is -2.37. The van der Waals surface area contributed by atoms with Crippen LogP contribution in [0.15, 0.2) is 24.3 Å². The quantitative estimate of drug-likeness (QED) is 0.565. The van der Waals surface area contributed by atoms with Crippen LogP contribution in [0.5, 0.6) is 11.5 Å². The van der Waals surface area contributed by atoms with Crippen LogP contribution in [-0.4, -0.2) is 36.4 Å². The summed E-state index contributed by atoms with van der Waals surface area (Å²) in [5, 5.41) is 12.2. The average Bonchev–Trinajstić information content (AvgIpc) is 2.55. The molecule has 0 spiro atoms. The van der Waals surface area contributed by atoms with Gasteiger partial charge in [-0.05, 0) is 43.9 Å². The third-order valence-electron chi connectivity index (χ3n) is 3.88. The Bertz CT molecular complexity index is 631. The van der Waals surface area contributed by atoms with Gasteiger partial charge in [-0.25, -0.2) is 0 Å². The van der Waals surface area contributed by atoms with Crippen molar-refractivity contribution in [1.29, 1.82) is 0 Å². The third-order valence-corrected chi connectivity index (χ3v) is 3.88. The van der Waals surface area contributed by atoms with Crippen LogP contribution in [0.1, 0.15) is 31.2 Å². The number of benzene rings is 1. The number of carbonyl (C=O) groups excluding carboxylic acids is 1. The Labute approximate surface area is 147 Å². The van der Waals surface area contributed by atoms with E-state index in [1.807, 2.05) is 0 Å². The predicted molar refractivity (Wildman–Crippen MR) is 85.1 cm³/mol. The van der Waals surface area contributed by atoms with Crippen molar-refractivity contribution < 1.29 is 36.9 Å². The topological polar surface area (TPSA) is 67.8 Å². The van der Waals surface area contributed by atoms with Gasteiger partial charge < -0.3 is 19.9 Å². The molecule has 1 aromatic carbocycles. The molecule has 1 aromatic rings. The third kappa shape index (κ3) is 6.55. The van der Waals surface area contributed by atoms with Crippen molar-refractivity contribution in [2.45, 2.75) is 51.1 Å². The van der Waals surface area contributed by atoms with Crippen molar-refractivity contribution >= 4 is 12.0 Å². The molecule has 1 saturated carbocycles. The number of amides is 1. The molecule has 2 rings (SSSR count). The lowest BCUT2D eigenvalue weighted by Gasteiger charge is -2.25. The summed E-state index contributed by atoms with van der Waals surface area (Å²) in [7, 11) is 0. The second kappa shape index (κ2) is 9.42. The summed E-state index contributed by atoms with van der Waals surface area (Å²) in [4.78, 5) is 11.9. The molecular formula is C17H19F4NO4. The van der Waals surface area contributed by atoms with Crippen molar-refractivity contribution in [3.8, 4) is 11.5 Å². The summed E-state index contributed by atoms with van der Waals surface area (Å²) >= 11 is 0. The Balaban J connectivity index is 2.03. The molecule has 0 unspecified atom stereocenters. The summed E-state index contributed by atoms with van der Waals surface area (Å²) in [6, 6.07) is 3.23. The van der Waals surface area contributed by atoms with Crippen molar-refractivity contribution in [2.75, 3.05) is 0 Å². The van der Waals surface area contributed by atoms with Crippen molar-refractivity contribution in [3.63, 3.8) is 0 Å². The van der Waals surface area contributed by atoms with E-state index >= 15 is 0 Å². The van der Waals surface area contributed by atoms with E-state index in [1.165, 1.54) is 12.1 Å². The molecule has 0 radical (unpaired) electrons. The highest BCUT2D eigenvalue weighted by Gasteiger charge is 2.20. The number of hydrogen-bond donors (Lipinski definition) is 2. The predicted octanol–water partition coefficient (Wildman–Crippen LogP) is 3.32. The molecule has 26 heavy (non-hydrogen) atoms. The van der Waals surface area contributed by atoms with Gasteiger partial charge in [0.05, 0.1) is 6.10 Å². The fraction of sp³-hybridized carbons (Fsp3) is 0.471. The van der Waals surface area contributed by atoms with Gasteiger partial charge >= 0.3 is 13.2 Å². The van der Waals surface area contributed by atoms with E-state index in [9.17, 15) is 27.5 Å². The zero-order valence-corrected chi connectivity index (χ0v) is 13.7. The standard InChI is InChI=1S/C17H19F4NO4/c18-16(19)25-13-7-1-10(14(9-13)26-17(20)21)2-8-15(24)22-11-3-5-12(23)6-4-11/h1-2,7-9,11-12,16-17,23H,3-6H2,(H,22,24). The number of aliphatic hydroxyl groups is 1. The monoisotopic (exact) mass is 377 g/mol. The van der Waals surface area contributed by atoms with Gasteiger partial charge in [-0.15, -0.1) is 0 Å². The minimum atomic E-state index is -3.16. The van der Waals surface area contributed by atoms with Crippen molar-refractivity contribution in [3.05, 3.63) is 29.8 Å². The van der Waals surface area contributed by atoms with Crippen LogP contribution in [0.2, 0.25) is 0 Å². The fourth-order valence-electron chi connectivity index (χ4n) is 2.66. The van der Waals surface area contributed by atoms with Crippen LogP contribution in [0.3, 0.4) is 0 Å². The van der Waals surface area contributed by atoms with Gasteiger partial charge in [-0.3, -0.25) is 4.79 Å². The van der Waals surface area contributed by atoms with Gasteiger partial charge in [0.2, 0.25) is 5.91 Å². The van der Waals surface area contributed by atoms with Crippen LogP contribution in [0, 0.1) is 0 Å². The van der Waals surface area contributed by atoms with E-state index in [0.717, 1.165) is 18.2 Å². The van der Waals surface area contributed by atoms with Crippen LogP contribution in [0.4, 0.5) is 17.6 Å². The first kappa shape index (κ1) is 20.0. The summed E-state index contributed by atoms with van der Waals surface area (Å²) < 4.78 is 57.9. The maximum Gasteiger partial charge on any atom is 0.387 e. The average molecular weight is 377 g/mol. The Hall–Kier alpha value is -2.29. The Kier molecular flexibility index (Phi) is 7.26. The number of ether oxygens (including phenoxy) is 2. The number of nitrogens with one attached hydrogen (secondary N) is 1. The maximum absolute atomic E-state index is 12.5. The highest BCUT2D eigenvalue weighted by atomic mass is 19.3. The molecule has 9 heteroatoms. The molecule has 0 saturated heterocycles. The lowest BCUT2D eigenvalue weighted by molar-refractivity contribution is -0.117. The summed E-state index contributed by atoms with van der Waals surface area (Å²) in [6.07, 6.45) is 4.56. The minimum Gasteiger partial charge on any atom is -0.435 e. The molecule has 0 bridgehead atoms. The van der Waals surface area contributed by atoms with Crippen LogP contribution in [-0.2, 0) is 4.79 Å². The molecule has 0 heterocycles. The highest BCUT2D eigenvalue weighted by molar-refractivity contribution is 5.92. The number of rotatable bonds is 7. The first-order chi connectivity index (χ1) is 12.3. The molecule has 1 amide bonds. The minimum absolute atomic E-state index is 0.0610. The van der Waals surface area contributed by atoms with Gasteiger partial charge in [0.1, 0.15) is 11.5 Å². The lowest BCUT2D eigenvalue weighted by atomic mass is 9.93. The van der Waals surface area contributed by atoms with Crippen LogP contribution < -0.4 is 14.8 Å². The number of hydrogen-bond acceptors (Lipinski definition) is 4. The van der Waals surface area contributed by atoms with E-state index in [-0.39, 0.29) is 29.2 Å². The Morgan fingerprint density at radius 3 is 2.38 bits per heavy atom. The Morgan fingerprint density at radius 1 is 1.12 bits per heavy atom. The van der Waals surface area contributed by atoms with Crippen LogP contribution >= 0.6 is 0 Å². The van der Waals surface area contributed by atoms with Crippen molar-refractivity contribution in [1.82, 2.24) is 5.32 Å². The van der Waals surface area contributed by atoms with Gasteiger partial charge in [0.25, 0.3) is 0 Å². The molecule has 5 nitrogen and oxygen atoms in total. The maximum atomic E-state index is 12.5. The zero-order valence-electron chi connectivity index (χ0n) is 13.7. The van der Waals surface area contributed by atoms with Crippen LogP contribution in [0.25, 0.3) is 6.08 Å². The largest absolute Gasteiger partial charge is 0.435 e. The van der Waals surface area contributed by atoms with Gasteiger partial charge in [0, 0.05) is 23.7 Å². The molecule has 2 N–H and O–H groups in total. The summed E-state index contributed by atoms with van der Waals surface area (Å²) in [5.41, 5.74) is 0.112. The first-order valence-corrected chi connectivity index (χ1v) is 8.04. The zero-order chi connectivity index (χ0) is 19.1. The number of aliphatic hydroxyl groups excluding tert-OH is 1. The van der Waals surface area contributed by atoms with Gasteiger partial charge in [-0.2, -0.15) is 17.6 Å². The molecule has 0 aromatic heterocycles. The first-order valence-electron chi connectivity index (χ1n) is 8.04. The van der Waals surface area contributed by atoms with E-state index in [2.05, 4.69) is 14.8 Å². The number of halogens is 4. The fourth-order valence-corrected chi connectivity index (χ4v) is 2.66. The summed E-state index contributed by atoms with van der Waals surface area (Å²) in [5.74, 6) is -1.15. The normalized spacial score (nSPS) is 20.6. The molecule has 0 aliphatic heterocycles. The smallest absolute Gasteiger partial charge is 0.387 e. The second-order valence-corrected chi connectivity index (χ2v) is 5.80. The molecule has 1 aliphatic carbocycles. The highest BCUT2D eigenvalue weighted by Crippen LogP contribution is 2.28. The van der Waals surface area contributed by atoms with Gasteiger partial charge in [0.15, 0.2) is 0 Å². The second-order valence-electron chi connectivity index (χ2n) is 5.80. The van der Waals surface area contributed by atoms with E-state index in [1.54, 1.807) is 0 Å². The number of carbonyl (C=O) groups is 1. The van der Waals surface area contributed by atoms with E-state index in [4.69, 9.17) is 0 Å². The Morgan fingerprint density at radius 2 is 1.77 bits per heavy atom. The van der Waals surface area contributed by atoms with E-state index in [0.29, 0.717) is 25.7 Å². The molecule has 1 fully saturated rings. The van der Waals surface area contributed by atoms with E-state index < -0.39 is 19.1 Å². The molecular weight excluding hydrogens is 358 g/mol. The molecule has 1 aliphatic rings. The van der Waals surface area contributed by atoms with Crippen molar-refractivity contribution in [2.24, 2.45) is 0 Å². The summed E-state index contributed by atoms with van der Waals surface area (Å²) in [6.45, 7) is -6.26. The molecule has 144 valence electrons. The molecule has 0 atom stereocenters. The SMILES string of the molecule is O=C(C=Cc1ccc(OC(F)F)cc1OC(F)F)NC1CCC(O)CC1.